The number of phenolic OH excluding ortho intramolecular Hbond substituents is 1. The molecule has 0 unspecified atom stereocenters. The molecule has 0 fully saturated rings. The zero-order valence-electron chi connectivity index (χ0n) is 18.1. The lowest BCUT2D eigenvalue weighted by Crippen LogP contribution is -2.20. The number of hydrogen-bond acceptors (Lipinski definition) is 7. The van der Waals surface area contributed by atoms with Crippen molar-refractivity contribution in [2.45, 2.75) is 5.16 Å². The summed E-state index contributed by atoms with van der Waals surface area (Å²) in [6.07, 6.45) is 1.35. The Kier molecular flexibility index (Phi) is 7.46. The van der Waals surface area contributed by atoms with E-state index >= 15 is 0 Å². The maximum atomic E-state index is 12.4. The fourth-order valence-corrected chi connectivity index (χ4v) is 3.97. The van der Waals surface area contributed by atoms with Gasteiger partial charge in [0.25, 0.3) is 5.91 Å². The van der Waals surface area contributed by atoms with Crippen LogP contribution in [0.15, 0.2) is 83.1 Å². The average molecular weight is 494 g/mol. The molecule has 0 aliphatic heterocycles. The summed E-state index contributed by atoms with van der Waals surface area (Å²) >= 11 is 7.26. The first-order valence-corrected chi connectivity index (χ1v) is 11.5. The molecule has 1 aromatic heterocycles. The average Bonchev–Trinajstić information content (AvgIpc) is 3.29. The number of hydrogen-bond donors (Lipinski definition) is 2. The highest BCUT2D eigenvalue weighted by molar-refractivity contribution is 7.99. The van der Waals surface area contributed by atoms with Crippen LogP contribution in [-0.2, 0) is 4.79 Å². The number of nitrogens with zero attached hydrogens (tertiary/aromatic N) is 4. The maximum absolute atomic E-state index is 12.4. The second-order valence-electron chi connectivity index (χ2n) is 6.96. The molecule has 0 saturated carbocycles. The molecule has 0 saturated heterocycles. The molecule has 2 N–H and O–H groups in total. The Balaban J connectivity index is 1.48. The van der Waals surface area contributed by atoms with Crippen LogP contribution < -0.4 is 10.2 Å². The van der Waals surface area contributed by atoms with Crippen LogP contribution in [0.4, 0.5) is 0 Å². The molecule has 3 aromatic carbocycles. The van der Waals surface area contributed by atoms with Crippen LogP contribution in [0.25, 0.3) is 17.1 Å². The molecule has 0 spiro atoms. The van der Waals surface area contributed by atoms with E-state index in [0.29, 0.717) is 27.3 Å². The van der Waals surface area contributed by atoms with Gasteiger partial charge in [-0.25, -0.2) is 5.43 Å². The number of carbonyl (C=O) groups is 1. The first-order chi connectivity index (χ1) is 16.6. The first kappa shape index (κ1) is 23.3. The molecule has 8 nitrogen and oxygen atoms in total. The largest absolute Gasteiger partial charge is 0.504 e. The second-order valence-corrected chi connectivity index (χ2v) is 8.34. The van der Waals surface area contributed by atoms with E-state index in [9.17, 15) is 9.90 Å². The minimum atomic E-state index is -0.334. The van der Waals surface area contributed by atoms with Crippen molar-refractivity contribution < 1.29 is 14.6 Å². The number of amides is 1. The molecule has 172 valence electrons. The van der Waals surface area contributed by atoms with Crippen LogP contribution in [0.5, 0.6) is 11.5 Å². The number of aromatic hydroxyl groups is 1. The van der Waals surface area contributed by atoms with Gasteiger partial charge in [0.2, 0.25) is 0 Å². The zero-order valence-corrected chi connectivity index (χ0v) is 19.6. The number of halogens is 1. The number of phenols is 1. The molecule has 0 atom stereocenters. The first-order valence-electron chi connectivity index (χ1n) is 10.1. The fourth-order valence-electron chi connectivity index (χ4n) is 3.10. The van der Waals surface area contributed by atoms with Crippen LogP contribution >= 0.6 is 23.4 Å². The number of aromatic nitrogens is 3. The number of carbonyl (C=O) groups excluding carboxylic acids is 1. The van der Waals surface area contributed by atoms with E-state index in [0.717, 1.165) is 11.3 Å². The second kappa shape index (κ2) is 10.9. The monoisotopic (exact) mass is 493 g/mol. The SMILES string of the molecule is COc1cccc(/C=N/NC(=O)CSc2nnc(-c3ccc(Cl)cc3)n2-c2ccccc2)c1O. The number of benzene rings is 3. The van der Waals surface area contributed by atoms with Crippen molar-refractivity contribution in [3.8, 4) is 28.6 Å². The number of rotatable bonds is 8. The molecular weight excluding hydrogens is 474 g/mol. The Labute approximate surface area is 205 Å². The van der Waals surface area contributed by atoms with E-state index in [2.05, 4.69) is 20.7 Å². The summed E-state index contributed by atoms with van der Waals surface area (Å²) < 4.78 is 6.95. The van der Waals surface area contributed by atoms with Gasteiger partial charge in [-0.1, -0.05) is 47.6 Å². The van der Waals surface area contributed by atoms with E-state index in [1.807, 2.05) is 47.0 Å². The zero-order chi connectivity index (χ0) is 23.9. The molecule has 10 heteroatoms. The van der Waals surface area contributed by atoms with Gasteiger partial charge in [-0.3, -0.25) is 9.36 Å². The predicted molar refractivity (Wildman–Crippen MR) is 133 cm³/mol. The lowest BCUT2D eigenvalue weighted by atomic mass is 10.2. The topological polar surface area (TPSA) is 102 Å². The van der Waals surface area contributed by atoms with Gasteiger partial charge < -0.3 is 9.84 Å². The molecular formula is C24H20ClN5O3S. The van der Waals surface area contributed by atoms with Crippen molar-refractivity contribution in [2.75, 3.05) is 12.9 Å². The van der Waals surface area contributed by atoms with E-state index < -0.39 is 0 Å². The third kappa shape index (κ3) is 5.38. The highest BCUT2D eigenvalue weighted by Gasteiger charge is 2.17. The number of hydrazone groups is 1. The van der Waals surface area contributed by atoms with Gasteiger partial charge in [-0.05, 0) is 48.5 Å². The van der Waals surface area contributed by atoms with Gasteiger partial charge in [0.1, 0.15) is 0 Å². The third-order valence-electron chi connectivity index (χ3n) is 4.73. The summed E-state index contributed by atoms with van der Waals surface area (Å²) in [6, 6.07) is 22.0. The number of thioether (sulfide) groups is 1. The maximum Gasteiger partial charge on any atom is 0.250 e. The Bertz CT molecular complexity index is 1310. The Morgan fingerprint density at radius 3 is 2.62 bits per heavy atom. The van der Waals surface area contributed by atoms with Crippen molar-refractivity contribution in [3.05, 3.63) is 83.4 Å². The van der Waals surface area contributed by atoms with Crippen molar-refractivity contribution in [1.82, 2.24) is 20.2 Å². The van der Waals surface area contributed by atoms with E-state index in [1.165, 1.54) is 25.1 Å². The van der Waals surface area contributed by atoms with E-state index in [1.54, 1.807) is 30.3 Å². The molecule has 0 aliphatic carbocycles. The molecule has 34 heavy (non-hydrogen) atoms. The summed E-state index contributed by atoms with van der Waals surface area (Å²) in [5.41, 5.74) is 4.59. The lowest BCUT2D eigenvalue weighted by Gasteiger charge is -2.10. The smallest absolute Gasteiger partial charge is 0.250 e. The van der Waals surface area contributed by atoms with Crippen LogP contribution in [0.2, 0.25) is 5.02 Å². The Morgan fingerprint density at radius 2 is 1.88 bits per heavy atom. The molecule has 1 amide bonds. The summed E-state index contributed by atoms with van der Waals surface area (Å²) in [5, 5.41) is 23.9. The highest BCUT2D eigenvalue weighted by Crippen LogP contribution is 2.29. The molecule has 4 aromatic rings. The Morgan fingerprint density at radius 1 is 1.12 bits per heavy atom. The quantitative estimate of drug-likeness (QED) is 0.212. The summed E-state index contributed by atoms with van der Waals surface area (Å²) in [5.74, 6) is 0.634. The Hall–Kier alpha value is -3.82. The molecule has 4 rings (SSSR count). The highest BCUT2D eigenvalue weighted by atomic mass is 35.5. The van der Waals surface area contributed by atoms with Gasteiger partial charge in [-0.2, -0.15) is 5.10 Å². The molecule has 0 bridgehead atoms. The van der Waals surface area contributed by atoms with Crippen molar-refractivity contribution in [1.29, 1.82) is 0 Å². The minimum absolute atomic E-state index is 0.0527. The van der Waals surface area contributed by atoms with Crippen molar-refractivity contribution in [2.24, 2.45) is 5.10 Å². The van der Waals surface area contributed by atoms with Crippen LogP contribution in [0.3, 0.4) is 0 Å². The molecule has 0 aliphatic rings. The van der Waals surface area contributed by atoms with Crippen LogP contribution in [0, 0.1) is 0 Å². The van der Waals surface area contributed by atoms with E-state index in [-0.39, 0.29) is 17.4 Å². The van der Waals surface area contributed by atoms with E-state index in [4.69, 9.17) is 16.3 Å². The summed E-state index contributed by atoms with van der Waals surface area (Å²) in [4.78, 5) is 12.4. The number of nitrogens with one attached hydrogen (secondary N) is 1. The number of ether oxygens (including phenoxy) is 1. The normalized spacial score (nSPS) is 11.0. The van der Waals surface area contributed by atoms with Gasteiger partial charge >= 0.3 is 0 Å². The number of para-hydroxylation sites is 2. The fraction of sp³-hybridized carbons (Fsp3) is 0.0833. The molecule has 0 radical (unpaired) electrons. The van der Waals surface area contributed by atoms with Gasteiger partial charge in [0.15, 0.2) is 22.5 Å². The minimum Gasteiger partial charge on any atom is -0.504 e. The summed E-state index contributed by atoms with van der Waals surface area (Å²) in [7, 11) is 1.46. The van der Waals surface area contributed by atoms with Crippen LogP contribution in [0.1, 0.15) is 5.56 Å². The van der Waals surface area contributed by atoms with Crippen molar-refractivity contribution >= 4 is 35.5 Å². The predicted octanol–water partition coefficient (Wildman–Crippen LogP) is 4.54. The van der Waals surface area contributed by atoms with Crippen LogP contribution in [-0.4, -0.2) is 44.9 Å². The van der Waals surface area contributed by atoms with Crippen molar-refractivity contribution in [3.63, 3.8) is 0 Å². The standard InChI is InChI=1S/C24H20ClN5O3S/c1-33-20-9-5-6-17(22(20)32)14-26-27-21(31)15-34-24-29-28-23(16-10-12-18(25)13-11-16)30(24)19-7-3-2-4-8-19/h2-14,32H,15H2,1H3,(H,27,31)/b26-14+. The summed E-state index contributed by atoms with van der Waals surface area (Å²) in [6.45, 7) is 0. The molecule has 1 heterocycles. The lowest BCUT2D eigenvalue weighted by molar-refractivity contribution is -0.118. The van der Waals surface area contributed by atoms with Gasteiger partial charge in [0.05, 0.1) is 19.1 Å². The van der Waals surface area contributed by atoms with Gasteiger partial charge in [-0.15, -0.1) is 10.2 Å². The van der Waals surface area contributed by atoms with Gasteiger partial charge in [0, 0.05) is 21.8 Å². The number of methoxy groups -OCH3 is 1. The third-order valence-corrected chi connectivity index (χ3v) is 5.91.